The van der Waals surface area contributed by atoms with E-state index in [2.05, 4.69) is 40.9 Å². The number of methoxy groups -OCH3 is 1. The summed E-state index contributed by atoms with van der Waals surface area (Å²) in [4.78, 5) is 21.0. The molecule has 1 N–H and O–H groups in total. The first-order chi connectivity index (χ1) is 11.5. The van der Waals surface area contributed by atoms with Crippen molar-refractivity contribution >= 4 is 11.9 Å². The molecule has 0 aromatic rings. The van der Waals surface area contributed by atoms with Gasteiger partial charge in [0.05, 0.1) is 13.0 Å². The maximum atomic E-state index is 11.9. The minimum atomic E-state index is -0.111. The predicted octanol–water partition coefficient (Wildman–Crippen LogP) is 1.42. The van der Waals surface area contributed by atoms with Gasteiger partial charge in [-0.3, -0.25) is 9.79 Å². The molecule has 6 heteroatoms. The molecule has 3 unspecified atom stereocenters. The average Bonchev–Trinajstić information content (AvgIpc) is 2.96. The maximum Gasteiger partial charge on any atom is 0.310 e. The van der Waals surface area contributed by atoms with Crippen LogP contribution in [0.3, 0.4) is 0 Å². The first-order valence-corrected chi connectivity index (χ1v) is 9.23. The fraction of sp³-hybridized carbons (Fsp3) is 0.889. The number of nitrogens with one attached hydrogen (secondary N) is 1. The lowest BCUT2D eigenvalue weighted by Gasteiger charge is -2.36. The Bertz CT molecular complexity index is 452. The number of likely N-dealkylation sites (tertiary alicyclic amines) is 2. The number of nitrogens with zero attached hydrogens (tertiary/aromatic N) is 3. The summed E-state index contributed by atoms with van der Waals surface area (Å²) < 4.78 is 4.92. The number of esters is 1. The first kappa shape index (κ1) is 19.0. The molecule has 0 amide bonds. The number of piperidine rings is 1. The summed E-state index contributed by atoms with van der Waals surface area (Å²) in [6.45, 7) is 11.5. The minimum Gasteiger partial charge on any atom is -0.469 e. The highest BCUT2D eigenvalue weighted by Crippen LogP contribution is 2.24. The zero-order valence-corrected chi connectivity index (χ0v) is 15.9. The number of carbonyl (C=O) groups is 1. The molecule has 2 aliphatic heterocycles. The monoisotopic (exact) mass is 338 g/mol. The Hall–Kier alpha value is -1.30. The molecule has 2 rings (SSSR count). The highest BCUT2D eigenvalue weighted by atomic mass is 16.5. The van der Waals surface area contributed by atoms with E-state index in [0.717, 1.165) is 25.6 Å². The number of rotatable bonds is 4. The van der Waals surface area contributed by atoms with Crippen molar-refractivity contribution in [3.63, 3.8) is 0 Å². The van der Waals surface area contributed by atoms with E-state index in [9.17, 15) is 4.79 Å². The van der Waals surface area contributed by atoms with E-state index < -0.39 is 0 Å². The molecular weight excluding hydrogens is 304 g/mol. The van der Waals surface area contributed by atoms with Crippen molar-refractivity contribution in [2.45, 2.75) is 39.7 Å². The SMILES string of the molecule is CN=C(NCC1CCCN(C(C)C)C1)N1CC(C)C(C(=O)OC)C1. The van der Waals surface area contributed by atoms with Gasteiger partial charge in [0, 0.05) is 39.3 Å². The van der Waals surface area contributed by atoms with Gasteiger partial charge in [-0.05, 0) is 45.1 Å². The summed E-state index contributed by atoms with van der Waals surface area (Å²) in [6, 6.07) is 0.618. The van der Waals surface area contributed by atoms with E-state index in [1.807, 2.05) is 7.05 Å². The Morgan fingerprint density at radius 2 is 2.08 bits per heavy atom. The van der Waals surface area contributed by atoms with Crippen LogP contribution in [0.1, 0.15) is 33.6 Å². The van der Waals surface area contributed by atoms with Crippen molar-refractivity contribution in [3.8, 4) is 0 Å². The van der Waals surface area contributed by atoms with Crippen molar-refractivity contribution in [3.05, 3.63) is 0 Å². The number of aliphatic imine (C=N–C) groups is 1. The largest absolute Gasteiger partial charge is 0.469 e. The van der Waals surface area contributed by atoms with Crippen LogP contribution in [-0.4, -0.2) is 74.7 Å². The minimum absolute atomic E-state index is 0.0559. The maximum absolute atomic E-state index is 11.9. The normalized spacial score (nSPS) is 29.2. The second-order valence-electron chi connectivity index (χ2n) is 7.54. The Morgan fingerprint density at radius 3 is 2.71 bits per heavy atom. The Morgan fingerprint density at radius 1 is 1.33 bits per heavy atom. The fourth-order valence-electron chi connectivity index (χ4n) is 3.90. The fourth-order valence-corrected chi connectivity index (χ4v) is 3.90. The molecule has 138 valence electrons. The van der Waals surface area contributed by atoms with Crippen LogP contribution in [0.5, 0.6) is 0 Å². The van der Waals surface area contributed by atoms with Crippen molar-refractivity contribution in [1.82, 2.24) is 15.1 Å². The number of hydrogen-bond acceptors (Lipinski definition) is 4. The Kier molecular flexibility index (Phi) is 6.90. The number of carbonyl (C=O) groups excluding carboxylic acids is 1. The number of guanidine groups is 1. The van der Waals surface area contributed by atoms with Gasteiger partial charge in [0.1, 0.15) is 0 Å². The van der Waals surface area contributed by atoms with E-state index in [1.54, 1.807) is 0 Å². The molecular formula is C18H34N4O2. The van der Waals surface area contributed by atoms with Crippen LogP contribution in [0, 0.1) is 17.8 Å². The highest BCUT2D eigenvalue weighted by Gasteiger charge is 2.37. The summed E-state index contributed by atoms with van der Waals surface area (Å²) in [5, 5.41) is 3.54. The van der Waals surface area contributed by atoms with Crippen molar-refractivity contribution in [2.75, 3.05) is 46.9 Å². The number of ether oxygens (including phenoxy) is 1. The molecule has 2 fully saturated rings. The van der Waals surface area contributed by atoms with E-state index in [4.69, 9.17) is 4.74 Å². The van der Waals surface area contributed by atoms with Gasteiger partial charge < -0.3 is 19.9 Å². The molecule has 0 radical (unpaired) electrons. The van der Waals surface area contributed by atoms with Crippen LogP contribution in [0.2, 0.25) is 0 Å². The zero-order valence-electron chi connectivity index (χ0n) is 15.9. The molecule has 0 aromatic heterocycles. The standard InChI is InChI=1S/C18H34N4O2/c1-13(2)21-8-6-7-15(11-21)9-20-18(19-4)22-10-14(3)16(12-22)17(23)24-5/h13-16H,6-12H2,1-5H3,(H,19,20). The van der Waals surface area contributed by atoms with E-state index in [1.165, 1.54) is 26.5 Å². The topological polar surface area (TPSA) is 57.2 Å². The second-order valence-corrected chi connectivity index (χ2v) is 7.54. The van der Waals surface area contributed by atoms with Gasteiger partial charge in [-0.25, -0.2) is 0 Å². The quantitative estimate of drug-likeness (QED) is 0.477. The van der Waals surface area contributed by atoms with Crippen LogP contribution in [0.25, 0.3) is 0 Å². The van der Waals surface area contributed by atoms with Gasteiger partial charge in [-0.1, -0.05) is 6.92 Å². The van der Waals surface area contributed by atoms with Crippen LogP contribution in [0.15, 0.2) is 4.99 Å². The molecule has 24 heavy (non-hydrogen) atoms. The lowest BCUT2D eigenvalue weighted by atomic mass is 9.97. The lowest BCUT2D eigenvalue weighted by Crippen LogP contribution is -2.47. The van der Waals surface area contributed by atoms with Crippen LogP contribution in [0.4, 0.5) is 0 Å². The molecule has 3 atom stereocenters. The third-order valence-corrected chi connectivity index (χ3v) is 5.46. The third-order valence-electron chi connectivity index (χ3n) is 5.46. The molecule has 0 aliphatic carbocycles. The van der Waals surface area contributed by atoms with Gasteiger partial charge >= 0.3 is 5.97 Å². The molecule has 0 spiro atoms. The average molecular weight is 338 g/mol. The van der Waals surface area contributed by atoms with Crippen molar-refractivity contribution < 1.29 is 9.53 Å². The molecule has 0 saturated carbocycles. The molecule has 2 heterocycles. The number of hydrogen-bond donors (Lipinski definition) is 1. The highest BCUT2D eigenvalue weighted by molar-refractivity contribution is 5.82. The summed E-state index contributed by atoms with van der Waals surface area (Å²) in [5.41, 5.74) is 0. The smallest absolute Gasteiger partial charge is 0.310 e. The Labute approximate surface area is 146 Å². The second kappa shape index (κ2) is 8.70. The molecule has 6 nitrogen and oxygen atoms in total. The van der Waals surface area contributed by atoms with Gasteiger partial charge in [0.25, 0.3) is 0 Å². The van der Waals surface area contributed by atoms with Crippen LogP contribution in [-0.2, 0) is 9.53 Å². The Balaban J connectivity index is 1.86. The predicted molar refractivity (Wildman–Crippen MR) is 97.0 cm³/mol. The zero-order chi connectivity index (χ0) is 17.7. The summed E-state index contributed by atoms with van der Waals surface area (Å²) in [6.07, 6.45) is 2.54. The molecule has 0 bridgehead atoms. The third kappa shape index (κ3) is 4.62. The van der Waals surface area contributed by atoms with Crippen molar-refractivity contribution in [2.24, 2.45) is 22.7 Å². The van der Waals surface area contributed by atoms with Gasteiger partial charge in [0.15, 0.2) is 5.96 Å². The molecule has 2 aliphatic rings. The first-order valence-electron chi connectivity index (χ1n) is 9.23. The lowest BCUT2D eigenvalue weighted by molar-refractivity contribution is -0.145. The summed E-state index contributed by atoms with van der Waals surface area (Å²) >= 11 is 0. The molecule has 2 saturated heterocycles. The van der Waals surface area contributed by atoms with Crippen molar-refractivity contribution in [1.29, 1.82) is 0 Å². The van der Waals surface area contributed by atoms with Crippen LogP contribution < -0.4 is 5.32 Å². The van der Waals surface area contributed by atoms with Gasteiger partial charge in [-0.2, -0.15) is 0 Å². The van der Waals surface area contributed by atoms with Gasteiger partial charge in [0.2, 0.25) is 0 Å². The van der Waals surface area contributed by atoms with E-state index >= 15 is 0 Å². The summed E-state index contributed by atoms with van der Waals surface area (Å²) in [7, 11) is 3.29. The summed E-state index contributed by atoms with van der Waals surface area (Å²) in [5.74, 6) is 1.70. The van der Waals surface area contributed by atoms with Gasteiger partial charge in [-0.15, -0.1) is 0 Å². The van der Waals surface area contributed by atoms with E-state index in [-0.39, 0.29) is 11.9 Å². The molecule has 0 aromatic carbocycles. The van der Waals surface area contributed by atoms with E-state index in [0.29, 0.717) is 24.4 Å². The van der Waals surface area contributed by atoms with Crippen LogP contribution >= 0.6 is 0 Å².